The number of hydrogen-bond acceptors (Lipinski definition) is 3. The lowest BCUT2D eigenvalue weighted by molar-refractivity contribution is 0.0955. The molecule has 0 N–H and O–H groups in total. The third-order valence-electron chi connectivity index (χ3n) is 2.58. The highest BCUT2D eigenvalue weighted by molar-refractivity contribution is 6.01. The molecule has 16 heavy (non-hydrogen) atoms. The Labute approximate surface area is 95.7 Å². The maximum atomic E-state index is 12.0. The molecule has 0 spiro atoms. The summed E-state index contributed by atoms with van der Waals surface area (Å²) >= 11 is 0. The molecule has 0 aromatic heterocycles. The van der Waals surface area contributed by atoms with E-state index in [0.717, 1.165) is 16.9 Å². The van der Waals surface area contributed by atoms with Crippen LogP contribution in [-0.4, -0.2) is 12.9 Å². The van der Waals surface area contributed by atoms with Crippen LogP contribution in [0.15, 0.2) is 12.1 Å². The van der Waals surface area contributed by atoms with Crippen molar-refractivity contribution in [3.8, 4) is 11.8 Å². The van der Waals surface area contributed by atoms with E-state index in [2.05, 4.69) is 0 Å². The van der Waals surface area contributed by atoms with Gasteiger partial charge in [0.05, 0.1) is 13.2 Å². The fourth-order valence-electron chi connectivity index (χ4n) is 1.71. The van der Waals surface area contributed by atoms with Crippen LogP contribution in [0.5, 0.6) is 5.75 Å². The predicted octanol–water partition coefficient (Wildman–Crippen LogP) is 2.65. The van der Waals surface area contributed by atoms with Crippen LogP contribution in [0.2, 0.25) is 0 Å². The second-order valence-corrected chi connectivity index (χ2v) is 3.85. The highest BCUT2D eigenvalue weighted by Gasteiger charge is 2.19. The lowest BCUT2D eigenvalue weighted by Gasteiger charge is -2.11. The number of carbonyl (C=O) groups excluding carboxylic acids is 1. The summed E-state index contributed by atoms with van der Waals surface area (Å²) in [5.41, 5.74) is 2.34. The molecular weight excluding hydrogens is 202 g/mol. The van der Waals surface area contributed by atoms with E-state index in [-0.39, 0.29) is 5.78 Å². The van der Waals surface area contributed by atoms with Crippen molar-refractivity contribution in [1.82, 2.24) is 0 Å². The van der Waals surface area contributed by atoms with Gasteiger partial charge in [-0.25, -0.2) is 0 Å². The van der Waals surface area contributed by atoms with Crippen LogP contribution in [0.3, 0.4) is 0 Å². The van der Waals surface area contributed by atoms with E-state index in [9.17, 15) is 4.79 Å². The average Bonchev–Trinajstić information content (AvgIpc) is 2.26. The van der Waals surface area contributed by atoms with Crippen LogP contribution in [0.25, 0.3) is 0 Å². The van der Waals surface area contributed by atoms with Crippen LogP contribution >= 0.6 is 0 Å². The Morgan fingerprint density at radius 2 is 1.88 bits per heavy atom. The second-order valence-electron chi connectivity index (χ2n) is 3.85. The van der Waals surface area contributed by atoms with E-state index in [1.165, 1.54) is 0 Å². The van der Waals surface area contributed by atoms with Gasteiger partial charge < -0.3 is 4.74 Å². The number of rotatable bonds is 3. The van der Waals surface area contributed by atoms with Gasteiger partial charge in [-0.05, 0) is 44.0 Å². The molecule has 1 aromatic carbocycles. The maximum absolute atomic E-state index is 12.0. The minimum atomic E-state index is -0.606. The molecule has 0 heterocycles. The Kier molecular flexibility index (Phi) is 3.68. The fourth-order valence-corrected chi connectivity index (χ4v) is 1.71. The highest BCUT2D eigenvalue weighted by Crippen LogP contribution is 2.23. The summed E-state index contributed by atoms with van der Waals surface area (Å²) in [7, 11) is 1.59. The summed E-state index contributed by atoms with van der Waals surface area (Å²) in [5.74, 6) is 0.00195. The monoisotopic (exact) mass is 217 g/mol. The molecule has 0 fully saturated rings. The number of methoxy groups -OCH3 is 1. The SMILES string of the molecule is COc1cc(C)c(C(=O)C(C)C#N)c(C)c1. The zero-order valence-electron chi connectivity index (χ0n) is 10.00. The molecule has 3 heteroatoms. The summed E-state index contributed by atoms with van der Waals surface area (Å²) in [6.45, 7) is 5.32. The third kappa shape index (κ3) is 2.22. The quantitative estimate of drug-likeness (QED) is 0.731. The highest BCUT2D eigenvalue weighted by atomic mass is 16.5. The standard InChI is InChI=1S/C13H15NO2/c1-8-5-11(16-4)6-9(2)12(8)13(15)10(3)7-14/h5-6,10H,1-4H3. The van der Waals surface area contributed by atoms with Crippen molar-refractivity contribution in [2.24, 2.45) is 5.92 Å². The number of nitrogens with zero attached hydrogens (tertiary/aromatic N) is 1. The van der Waals surface area contributed by atoms with Crippen molar-refractivity contribution in [2.75, 3.05) is 7.11 Å². The molecule has 1 unspecified atom stereocenters. The molecule has 0 radical (unpaired) electrons. The molecule has 0 saturated heterocycles. The molecule has 3 nitrogen and oxygen atoms in total. The number of aryl methyl sites for hydroxylation is 2. The molecule has 1 rings (SSSR count). The summed E-state index contributed by atoms with van der Waals surface area (Å²) in [6, 6.07) is 5.59. The van der Waals surface area contributed by atoms with Gasteiger partial charge in [0.25, 0.3) is 0 Å². The van der Waals surface area contributed by atoms with E-state index >= 15 is 0 Å². The van der Waals surface area contributed by atoms with Crippen molar-refractivity contribution in [3.63, 3.8) is 0 Å². The average molecular weight is 217 g/mol. The summed E-state index contributed by atoms with van der Waals surface area (Å²) < 4.78 is 5.12. The van der Waals surface area contributed by atoms with E-state index in [0.29, 0.717) is 5.56 Å². The van der Waals surface area contributed by atoms with E-state index in [1.54, 1.807) is 14.0 Å². The second kappa shape index (κ2) is 4.80. The molecule has 0 amide bonds. The lowest BCUT2D eigenvalue weighted by Crippen LogP contribution is -2.12. The number of benzene rings is 1. The van der Waals surface area contributed by atoms with Gasteiger partial charge >= 0.3 is 0 Å². The lowest BCUT2D eigenvalue weighted by atomic mass is 9.92. The Morgan fingerprint density at radius 3 is 2.25 bits per heavy atom. The number of nitriles is 1. The molecule has 1 atom stereocenters. The van der Waals surface area contributed by atoms with Crippen LogP contribution in [-0.2, 0) is 0 Å². The first-order chi connectivity index (χ1) is 7.51. The van der Waals surface area contributed by atoms with Gasteiger partial charge in [0.2, 0.25) is 0 Å². The Balaban J connectivity index is 3.26. The smallest absolute Gasteiger partial charge is 0.180 e. The first-order valence-electron chi connectivity index (χ1n) is 5.10. The van der Waals surface area contributed by atoms with Crippen LogP contribution in [0, 0.1) is 31.1 Å². The molecule has 0 aliphatic rings. The zero-order valence-corrected chi connectivity index (χ0v) is 10.00. The number of Topliss-reactive ketones (excluding diaryl/α,β-unsaturated/α-hetero) is 1. The van der Waals surface area contributed by atoms with E-state index in [1.807, 2.05) is 32.0 Å². The van der Waals surface area contributed by atoms with E-state index < -0.39 is 5.92 Å². The largest absolute Gasteiger partial charge is 0.497 e. The fraction of sp³-hybridized carbons (Fsp3) is 0.385. The molecule has 0 saturated carbocycles. The van der Waals surface area contributed by atoms with Crippen molar-refractivity contribution < 1.29 is 9.53 Å². The molecular formula is C13H15NO2. The number of carbonyl (C=O) groups is 1. The van der Waals surface area contributed by atoms with E-state index in [4.69, 9.17) is 10.00 Å². The molecule has 84 valence electrons. The predicted molar refractivity (Wildman–Crippen MR) is 61.6 cm³/mol. The van der Waals surface area contributed by atoms with Gasteiger partial charge in [0.15, 0.2) is 5.78 Å². The van der Waals surface area contributed by atoms with Crippen LogP contribution in [0.1, 0.15) is 28.4 Å². The minimum Gasteiger partial charge on any atom is -0.497 e. The van der Waals surface area contributed by atoms with Gasteiger partial charge in [-0.3, -0.25) is 4.79 Å². The van der Waals surface area contributed by atoms with Gasteiger partial charge in [0.1, 0.15) is 11.7 Å². The summed E-state index contributed by atoms with van der Waals surface area (Å²) in [6.07, 6.45) is 0. The Bertz CT molecular complexity index is 434. The number of hydrogen-bond donors (Lipinski definition) is 0. The number of ether oxygens (including phenoxy) is 1. The normalized spacial score (nSPS) is 11.7. The van der Waals surface area contributed by atoms with Gasteiger partial charge in [-0.1, -0.05) is 0 Å². The van der Waals surface area contributed by atoms with Gasteiger partial charge in [-0.2, -0.15) is 5.26 Å². The number of ketones is 1. The molecule has 0 aliphatic carbocycles. The summed E-state index contributed by atoms with van der Waals surface area (Å²) in [5, 5.41) is 8.75. The zero-order chi connectivity index (χ0) is 12.3. The van der Waals surface area contributed by atoms with Crippen LogP contribution in [0.4, 0.5) is 0 Å². The van der Waals surface area contributed by atoms with Gasteiger partial charge in [0, 0.05) is 5.56 Å². The first kappa shape index (κ1) is 12.3. The molecule has 1 aromatic rings. The third-order valence-corrected chi connectivity index (χ3v) is 2.58. The minimum absolute atomic E-state index is 0.125. The maximum Gasteiger partial charge on any atom is 0.180 e. The van der Waals surface area contributed by atoms with Crippen LogP contribution < -0.4 is 4.74 Å². The topological polar surface area (TPSA) is 50.1 Å². The summed E-state index contributed by atoms with van der Waals surface area (Å²) in [4.78, 5) is 12.0. The molecule has 0 bridgehead atoms. The Hall–Kier alpha value is -1.82. The van der Waals surface area contributed by atoms with Crippen molar-refractivity contribution in [1.29, 1.82) is 5.26 Å². The Morgan fingerprint density at radius 1 is 1.38 bits per heavy atom. The van der Waals surface area contributed by atoms with Crippen molar-refractivity contribution in [3.05, 3.63) is 28.8 Å². The first-order valence-corrected chi connectivity index (χ1v) is 5.10. The van der Waals surface area contributed by atoms with Crippen molar-refractivity contribution >= 4 is 5.78 Å². The van der Waals surface area contributed by atoms with Gasteiger partial charge in [-0.15, -0.1) is 0 Å². The molecule has 0 aliphatic heterocycles. The van der Waals surface area contributed by atoms with Crippen molar-refractivity contribution in [2.45, 2.75) is 20.8 Å².